The van der Waals surface area contributed by atoms with Crippen LogP contribution in [0.25, 0.3) is 0 Å². The van der Waals surface area contributed by atoms with Crippen LogP contribution in [-0.4, -0.2) is 64.9 Å². The molecule has 0 radical (unpaired) electrons. The molecule has 1 aromatic rings. The van der Waals surface area contributed by atoms with Crippen LogP contribution < -0.4 is 10.6 Å². The smallest absolute Gasteiger partial charge is 0.325 e. The van der Waals surface area contributed by atoms with Gasteiger partial charge < -0.3 is 15.5 Å². The number of imide groups is 1. The maximum absolute atomic E-state index is 12.7. The van der Waals surface area contributed by atoms with Crippen LogP contribution in [-0.2, 0) is 15.0 Å². The summed E-state index contributed by atoms with van der Waals surface area (Å²) in [6, 6.07) is 6.93. The van der Waals surface area contributed by atoms with E-state index in [1.165, 1.54) is 18.4 Å². The van der Waals surface area contributed by atoms with E-state index in [9.17, 15) is 14.4 Å². The van der Waals surface area contributed by atoms with Crippen LogP contribution in [0.3, 0.4) is 0 Å². The fraction of sp³-hybridized carbons (Fsp3) is 0.609. The summed E-state index contributed by atoms with van der Waals surface area (Å²) in [7, 11) is 0. The Morgan fingerprint density at radius 1 is 1.19 bits per heavy atom. The predicted octanol–water partition coefficient (Wildman–Crippen LogP) is 2.67. The van der Waals surface area contributed by atoms with Crippen LogP contribution in [0.5, 0.6) is 0 Å². The lowest BCUT2D eigenvalue weighted by molar-refractivity contribution is -0.137. The Bertz CT molecular complexity index is 873. The van der Waals surface area contributed by atoms with E-state index in [1.54, 1.807) is 20.8 Å². The Morgan fingerprint density at radius 3 is 2.32 bits per heavy atom. The van der Waals surface area contributed by atoms with Crippen molar-refractivity contribution >= 4 is 29.4 Å². The summed E-state index contributed by atoms with van der Waals surface area (Å²) < 4.78 is 0. The van der Waals surface area contributed by atoms with Crippen molar-refractivity contribution in [1.29, 1.82) is 0 Å². The van der Waals surface area contributed by atoms with E-state index in [1.807, 2.05) is 12.1 Å². The van der Waals surface area contributed by atoms with Gasteiger partial charge in [-0.05, 0) is 64.2 Å². The molecule has 7 nitrogen and oxygen atoms in total. The lowest BCUT2D eigenvalue weighted by Gasteiger charge is -2.35. The van der Waals surface area contributed by atoms with Gasteiger partial charge in [-0.3, -0.25) is 9.59 Å². The second-order valence-electron chi connectivity index (χ2n) is 9.75. The second-order valence-corrected chi connectivity index (χ2v) is 10.2. The lowest BCUT2D eigenvalue weighted by atomic mass is 9.94. The number of hydrogen-bond acceptors (Lipinski definition) is 4. The molecule has 8 heteroatoms. The van der Waals surface area contributed by atoms with Crippen LogP contribution >= 0.6 is 11.6 Å². The van der Waals surface area contributed by atoms with Gasteiger partial charge in [0.05, 0.1) is 0 Å². The second kappa shape index (κ2) is 8.10. The van der Waals surface area contributed by atoms with Crippen LogP contribution in [0.4, 0.5) is 4.79 Å². The SMILES string of the molecule is C[C@@H](C(=O)NC1CCN(CC2(c3ccc(Cl)cc3)CC2)CC1)N1C(=O)NC(C)(C)C1=O. The van der Waals surface area contributed by atoms with Gasteiger partial charge >= 0.3 is 6.03 Å². The molecular formula is C23H31ClN4O3. The van der Waals surface area contributed by atoms with Crippen molar-refractivity contribution < 1.29 is 14.4 Å². The van der Waals surface area contributed by atoms with Gasteiger partial charge in [-0.25, -0.2) is 9.69 Å². The molecule has 1 aromatic carbocycles. The van der Waals surface area contributed by atoms with Gasteiger partial charge in [0.1, 0.15) is 11.6 Å². The fourth-order valence-corrected chi connectivity index (χ4v) is 4.85. The highest BCUT2D eigenvalue weighted by Crippen LogP contribution is 2.49. The fourth-order valence-electron chi connectivity index (χ4n) is 4.72. The van der Waals surface area contributed by atoms with Crippen molar-refractivity contribution in [1.82, 2.24) is 20.4 Å². The number of carbonyl (C=O) groups is 3. The number of nitrogens with zero attached hydrogens (tertiary/aromatic N) is 2. The minimum absolute atomic E-state index is 0.0608. The minimum atomic E-state index is -0.972. The number of urea groups is 1. The zero-order valence-electron chi connectivity index (χ0n) is 18.4. The Labute approximate surface area is 188 Å². The van der Waals surface area contributed by atoms with E-state index in [-0.39, 0.29) is 23.3 Å². The third kappa shape index (κ3) is 4.44. The number of nitrogens with one attached hydrogen (secondary N) is 2. The molecule has 3 aliphatic rings. The molecule has 1 aliphatic carbocycles. The zero-order chi connectivity index (χ0) is 22.4. The first-order chi connectivity index (χ1) is 14.6. The minimum Gasteiger partial charge on any atom is -0.351 e. The highest BCUT2D eigenvalue weighted by atomic mass is 35.5. The number of amides is 4. The molecule has 2 saturated heterocycles. The van der Waals surface area contributed by atoms with Gasteiger partial charge in [-0.1, -0.05) is 23.7 Å². The van der Waals surface area contributed by atoms with E-state index in [2.05, 4.69) is 27.7 Å². The molecule has 1 atom stereocenters. The first-order valence-corrected chi connectivity index (χ1v) is 11.4. The van der Waals surface area contributed by atoms with Gasteiger partial charge in [0.2, 0.25) is 5.91 Å². The summed E-state index contributed by atoms with van der Waals surface area (Å²) in [5.74, 6) is -0.647. The monoisotopic (exact) mass is 446 g/mol. The molecule has 1 saturated carbocycles. The van der Waals surface area contributed by atoms with Crippen molar-refractivity contribution in [2.24, 2.45) is 0 Å². The van der Waals surface area contributed by atoms with Crippen molar-refractivity contribution in [2.75, 3.05) is 19.6 Å². The molecule has 0 unspecified atom stereocenters. The number of rotatable bonds is 6. The van der Waals surface area contributed by atoms with Gasteiger partial charge in [-0.2, -0.15) is 0 Å². The predicted molar refractivity (Wildman–Crippen MR) is 119 cm³/mol. The molecule has 2 heterocycles. The molecule has 3 fully saturated rings. The van der Waals surface area contributed by atoms with Crippen molar-refractivity contribution in [3.63, 3.8) is 0 Å². The van der Waals surface area contributed by atoms with E-state index in [0.717, 1.165) is 42.4 Å². The molecule has 2 N–H and O–H groups in total. The number of carbonyl (C=O) groups excluding carboxylic acids is 3. The molecule has 4 amide bonds. The van der Waals surface area contributed by atoms with Crippen molar-refractivity contribution in [2.45, 2.75) is 69.5 Å². The average Bonchev–Trinajstić information content (AvgIpc) is 3.46. The maximum Gasteiger partial charge on any atom is 0.325 e. The summed E-state index contributed by atoms with van der Waals surface area (Å²) in [4.78, 5) is 40.8. The van der Waals surface area contributed by atoms with E-state index >= 15 is 0 Å². The maximum atomic E-state index is 12.7. The lowest BCUT2D eigenvalue weighted by Crippen LogP contribution is -2.53. The van der Waals surface area contributed by atoms with Gasteiger partial charge in [0.25, 0.3) is 5.91 Å². The van der Waals surface area contributed by atoms with Crippen LogP contribution in [0, 0.1) is 0 Å². The summed E-state index contributed by atoms with van der Waals surface area (Å²) in [5, 5.41) is 6.44. The average molecular weight is 447 g/mol. The third-order valence-electron chi connectivity index (χ3n) is 6.93. The molecule has 0 spiro atoms. The molecular weight excluding hydrogens is 416 g/mol. The molecule has 0 aromatic heterocycles. The van der Waals surface area contributed by atoms with Crippen LogP contribution in [0.15, 0.2) is 24.3 Å². The Kier molecular flexibility index (Phi) is 5.77. The number of hydrogen-bond donors (Lipinski definition) is 2. The topological polar surface area (TPSA) is 81.8 Å². The summed E-state index contributed by atoms with van der Waals surface area (Å²) in [6.07, 6.45) is 4.12. The standard InChI is InChI=1S/C23H31ClN4O3/c1-15(28-20(30)22(2,3)26-21(28)31)19(29)25-18-8-12-27(13-9-18)14-23(10-11-23)16-4-6-17(24)7-5-16/h4-7,15,18H,8-14H2,1-3H3,(H,25,29)(H,26,31)/t15-/m0/s1. The summed E-state index contributed by atoms with van der Waals surface area (Å²) >= 11 is 6.04. The van der Waals surface area contributed by atoms with Gasteiger partial charge in [0.15, 0.2) is 0 Å². The normalized spacial score (nSPS) is 24.1. The first kappa shape index (κ1) is 22.1. The number of piperidine rings is 1. The quantitative estimate of drug-likeness (QED) is 0.658. The molecule has 31 heavy (non-hydrogen) atoms. The molecule has 168 valence electrons. The summed E-state index contributed by atoms with van der Waals surface area (Å²) in [5.41, 5.74) is 0.628. The van der Waals surface area contributed by atoms with Gasteiger partial charge in [0, 0.05) is 36.1 Å². The molecule has 0 bridgehead atoms. The third-order valence-corrected chi connectivity index (χ3v) is 7.18. The highest BCUT2D eigenvalue weighted by Gasteiger charge is 2.48. The number of halogens is 1. The van der Waals surface area contributed by atoms with Crippen molar-refractivity contribution in [3.05, 3.63) is 34.9 Å². The summed E-state index contributed by atoms with van der Waals surface area (Å²) in [6.45, 7) is 7.76. The van der Waals surface area contributed by atoms with E-state index < -0.39 is 17.6 Å². The first-order valence-electron chi connectivity index (χ1n) is 11.1. The van der Waals surface area contributed by atoms with Gasteiger partial charge in [-0.15, -0.1) is 0 Å². The van der Waals surface area contributed by atoms with E-state index in [0.29, 0.717) is 0 Å². The number of likely N-dealkylation sites (tertiary alicyclic amines) is 1. The van der Waals surface area contributed by atoms with E-state index in [4.69, 9.17) is 11.6 Å². The van der Waals surface area contributed by atoms with Crippen LogP contribution in [0.2, 0.25) is 5.02 Å². The highest BCUT2D eigenvalue weighted by molar-refractivity contribution is 6.30. The van der Waals surface area contributed by atoms with Crippen molar-refractivity contribution in [3.8, 4) is 0 Å². The molecule has 4 rings (SSSR count). The van der Waals surface area contributed by atoms with Crippen LogP contribution in [0.1, 0.15) is 52.0 Å². The number of benzene rings is 1. The molecule has 2 aliphatic heterocycles. The Hall–Kier alpha value is -2.12. The zero-order valence-corrected chi connectivity index (χ0v) is 19.2. The Balaban J connectivity index is 1.28. The largest absolute Gasteiger partial charge is 0.351 e. The Morgan fingerprint density at radius 2 is 1.81 bits per heavy atom.